The Morgan fingerprint density at radius 3 is 2.70 bits per heavy atom. The molecule has 156 valence electrons. The van der Waals surface area contributed by atoms with Crippen LogP contribution in [0.25, 0.3) is 11.3 Å². The number of hydrogen-bond acceptors (Lipinski definition) is 4. The molecule has 0 spiro atoms. The number of carbonyl (C=O) groups excluding carboxylic acids is 1. The maximum atomic E-state index is 13.6. The van der Waals surface area contributed by atoms with E-state index >= 15 is 0 Å². The normalized spacial score (nSPS) is 18.7. The summed E-state index contributed by atoms with van der Waals surface area (Å²) in [5, 5.41) is 10.7. The van der Waals surface area contributed by atoms with Crippen molar-refractivity contribution in [2.24, 2.45) is 0 Å². The number of amides is 1. The lowest BCUT2D eigenvalue weighted by Gasteiger charge is -2.24. The molecule has 0 aliphatic carbocycles. The van der Waals surface area contributed by atoms with E-state index in [1.807, 2.05) is 12.1 Å². The van der Waals surface area contributed by atoms with Crippen molar-refractivity contribution in [2.75, 3.05) is 6.54 Å². The lowest BCUT2D eigenvalue weighted by molar-refractivity contribution is -0.132. The molecular weight excluding hydrogens is 414 g/mol. The van der Waals surface area contributed by atoms with Crippen LogP contribution in [0.5, 0.6) is 0 Å². The number of halogens is 3. The van der Waals surface area contributed by atoms with Crippen molar-refractivity contribution in [3.8, 4) is 11.3 Å². The van der Waals surface area contributed by atoms with Gasteiger partial charge >= 0.3 is 0 Å². The third-order valence-electron chi connectivity index (χ3n) is 5.16. The highest BCUT2D eigenvalue weighted by molar-refractivity contribution is 6.30. The number of carbonyl (C=O) groups is 1. The number of likely N-dealkylation sites (tertiary alicyclic amines) is 1. The standard InChI is InChI=1S/C22H19ClF2N2O3/c23-15-4-1-13(2-5-15)20-11-26-21(30-20)7-8-22(29)27-12-16(28)10-19(27)14-3-6-17(24)18(25)9-14/h1-6,9,11,16,19,28H,7-8,10,12H2/t16-,19+/m0/s1. The second-order valence-corrected chi connectivity index (χ2v) is 7.69. The quantitative estimate of drug-likeness (QED) is 0.642. The van der Waals surface area contributed by atoms with Gasteiger partial charge in [0, 0.05) is 30.0 Å². The first-order valence-electron chi connectivity index (χ1n) is 9.54. The van der Waals surface area contributed by atoms with Crippen LogP contribution in [0, 0.1) is 11.6 Å². The van der Waals surface area contributed by atoms with Crippen molar-refractivity contribution < 1.29 is 23.1 Å². The van der Waals surface area contributed by atoms with Gasteiger partial charge in [0.25, 0.3) is 0 Å². The van der Waals surface area contributed by atoms with E-state index in [2.05, 4.69) is 4.98 Å². The van der Waals surface area contributed by atoms with Crippen LogP contribution in [0.2, 0.25) is 5.02 Å². The number of rotatable bonds is 5. The Hall–Kier alpha value is -2.77. The minimum absolute atomic E-state index is 0.119. The van der Waals surface area contributed by atoms with Crippen molar-refractivity contribution >= 4 is 17.5 Å². The number of aliphatic hydroxyl groups excluding tert-OH is 1. The molecule has 8 heteroatoms. The highest BCUT2D eigenvalue weighted by atomic mass is 35.5. The van der Waals surface area contributed by atoms with E-state index in [-0.39, 0.29) is 31.7 Å². The molecule has 30 heavy (non-hydrogen) atoms. The van der Waals surface area contributed by atoms with Crippen LogP contribution < -0.4 is 0 Å². The predicted molar refractivity (Wildman–Crippen MR) is 107 cm³/mol. The molecule has 0 unspecified atom stereocenters. The fraction of sp³-hybridized carbons (Fsp3) is 0.273. The number of oxazole rings is 1. The van der Waals surface area contributed by atoms with Gasteiger partial charge in [-0.15, -0.1) is 0 Å². The van der Waals surface area contributed by atoms with Crippen molar-refractivity contribution in [3.63, 3.8) is 0 Å². The molecule has 1 fully saturated rings. The summed E-state index contributed by atoms with van der Waals surface area (Å²) in [4.78, 5) is 18.5. The van der Waals surface area contributed by atoms with E-state index in [9.17, 15) is 18.7 Å². The Morgan fingerprint density at radius 1 is 1.20 bits per heavy atom. The Balaban J connectivity index is 1.42. The molecule has 2 atom stereocenters. The summed E-state index contributed by atoms with van der Waals surface area (Å²) < 4.78 is 32.6. The Kier molecular flexibility index (Phi) is 5.83. The zero-order chi connectivity index (χ0) is 21.3. The molecule has 1 aliphatic heterocycles. The van der Waals surface area contributed by atoms with Crippen molar-refractivity contribution in [1.29, 1.82) is 0 Å². The van der Waals surface area contributed by atoms with Crippen LogP contribution in [0.15, 0.2) is 53.1 Å². The number of benzene rings is 2. The average molecular weight is 433 g/mol. The summed E-state index contributed by atoms with van der Waals surface area (Å²) in [5.41, 5.74) is 1.28. The molecule has 2 heterocycles. The molecule has 1 aliphatic rings. The van der Waals surface area contributed by atoms with Crippen LogP contribution in [0.3, 0.4) is 0 Å². The molecule has 0 bridgehead atoms. The van der Waals surface area contributed by atoms with Gasteiger partial charge in [0.05, 0.1) is 18.3 Å². The van der Waals surface area contributed by atoms with Gasteiger partial charge in [-0.2, -0.15) is 0 Å². The number of hydrogen-bond donors (Lipinski definition) is 1. The zero-order valence-corrected chi connectivity index (χ0v) is 16.6. The molecule has 0 radical (unpaired) electrons. The highest BCUT2D eigenvalue weighted by Gasteiger charge is 2.35. The summed E-state index contributed by atoms with van der Waals surface area (Å²) in [6.45, 7) is 0.143. The van der Waals surface area contributed by atoms with Gasteiger partial charge in [-0.3, -0.25) is 4.79 Å². The number of aryl methyl sites for hydroxylation is 1. The topological polar surface area (TPSA) is 66.6 Å². The first kappa shape index (κ1) is 20.5. The highest BCUT2D eigenvalue weighted by Crippen LogP contribution is 2.33. The van der Waals surface area contributed by atoms with E-state index in [4.69, 9.17) is 16.0 Å². The lowest BCUT2D eigenvalue weighted by Crippen LogP contribution is -2.32. The number of β-amino-alcohol motifs (C(OH)–C–C–N with tert-alkyl or cyclic N) is 1. The number of aliphatic hydroxyl groups is 1. The molecule has 4 rings (SSSR count). The molecule has 5 nitrogen and oxygen atoms in total. The van der Waals surface area contributed by atoms with Gasteiger partial charge in [-0.05, 0) is 48.4 Å². The smallest absolute Gasteiger partial charge is 0.223 e. The van der Waals surface area contributed by atoms with Gasteiger partial charge in [-0.1, -0.05) is 17.7 Å². The Bertz CT molecular complexity index is 1050. The summed E-state index contributed by atoms with van der Waals surface area (Å²) in [6.07, 6.45) is 1.55. The summed E-state index contributed by atoms with van der Waals surface area (Å²) in [7, 11) is 0. The van der Waals surface area contributed by atoms with E-state index in [0.717, 1.165) is 17.7 Å². The molecule has 1 amide bonds. The first-order valence-corrected chi connectivity index (χ1v) is 9.91. The minimum atomic E-state index is -0.976. The average Bonchev–Trinajstić information content (AvgIpc) is 3.36. The minimum Gasteiger partial charge on any atom is -0.441 e. The second kappa shape index (κ2) is 8.53. The Labute approximate surface area is 176 Å². The first-order chi connectivity index (χ1) is 14.4. The number of nitrogens with zero attached hydrogens (tertiary/aromatic N) is 2. The number of aromatic nitrogens is 1. The van der Waals surface area contributed by atoms with E-state index in [1.165, 1.54) is 11.0 Å². The summed E-state index contributed by atoms with van der Waals surface area (Å²) in [6, 6.07) is 10.2. The van der Waals surface area contributed by atoms with E-state index in [1.54, 1.807) is 18.3 Å². The fourth-order valence-corrected chi connectivity index (χ4v) is 3.78. The second-order valence-electron chi connectivity index (χ2n) is 7.25. The SMILES string of the molecule is O=C(CCc1ncc(-c2ccc(Cl)cc2)o1)N1C[C@@H](O)C[C@@H]1c1ccc(F)c(F)c1. The molecule has 1 N–H and O–H groups in total. The largest absolute Gasteiger partial charge is 0.441 e. The van der Waals surface area contributed by atoms with Gasteiger partial charge in [0.15, 0.2) is 23.3 Å². The lowest BCUT2D eigenvalue weighted by atomic mass is 10.0. The van der Waals surface area contributed by atoms with Crippen LogP contribution in [0.4, 0.5) is 8.78 Å². The molecule has 1 saturated heterocycles. The molecular formula is C22H19ClF2N2O3. The molecule has 0 saturated carbocycles. The maximum Gasteiger partial charge on any atom is 0.223 e. The Morgan fingerprint density at radius 2 is 1.97 bits per heavy atom. The monoisotopic (exact) mass is 432 g/mol. The fourth-order valence-electron chi connectivity index (χ4n) is 3.66. The third kappa shape index (κ3) is 4.37. The van der Waals surface area contributed by atoms with E-state index < -0.39 is 23.8 Å². The van der Waals surface area contributed by atoms with Crippen molar-refractivity contribution in [2.45, 2.75) is 31.4 Å². The van der Waals surface area contributed by atoms with Crippen molar-refractivity contribution in [3.05, 3.63) is 76.8 Å². The maximum absolute atomic E-state index is 13.6. The van der Waals surface area contributed by atoms with Crippen LogP contribution in [0.1, 0.15) is 30.3 Å². The predicted octanol–water partition coefficient (Wildman–Crippen LogP) is 4.54. The van der Waals surface area contributed by atoms with Gasteiger partial charge in [0.1, 0.15) is 0 Å². The van der Waals surface area contributed by atoms with Gasteiger partial charge in [0.2, 0.25) is 5.91 Å². The van der Waals surface area contributed by atoms with Crippen molar-refractivity contribution in [1.82, 2.24) is 9.88 Å². The third-order valence-corrected chi connectivity index (χ3v) is 5.41. The van der Waals surface area contributed by atoms with Gasteiger partial charge < -0.3 is 14.4 Å². The molecule has 1 aromatic heterocycles. The zero-order valence-electron chi connectivity index (χ0n) is 15.9. The summed E-state index contributed by atoms with van der Waals surface area (Å²) in [5.74, 6) is -1.15. The van der Waals surface area contributed by atoms with Gasteiger partial charge in [-0.25, -0.2) is 13.8 Å². The summed E-state index contributed by atoms with van der Waals surface area (Å²) >= 11 is 5.89. The molecule has 3 aromatic rings. The van der Waals surface area contributed by atoms with Crippen LogP contribution in [-0.2, 0) is 11.2 Å². The molecule has 2 aromatic carbocycles. The van der Waals surface area contributed by atoms with E-state index in [0.29, 0.717) is 22.2 Å². The van der Waals surface area contributed by atoms with Crippen LogP contribution in [-0.4, -0.2) is 33.5 Å². The van der Waals surface area contributed by atoms with Crippen LogP contribution >= 0.6 is 11.6 Å².